The second kappa shape index (κ2) is 5.25. The Balaban J connectivity index is 2.21. The molecule has 1 aliphatic rings. The van der Waals surface area contributed by atoms with Crippen molar-refractivity contribution in [2.45, 2.75) is 12.6 Å². The highest BCUT2D eigenvalue weighted by molar-refractivity contribution is 9.10. The van der Waals surface area contributed by atoms with Gasteiger partial charge in [-0.25, -0.2) is 0 Å². The van der Waals surface area contributed by atoms with Gasteiger partial charge in [0.15, 0.2) is 0 Å². The molecule has 0 N–H and O–H groups in total. The lowest BCUT2D eigenvalue weighted by molar-refractivity contribution is -0.0943. The Morgan fingerprint density at radius 3 is 2.53 bits per heavy atom. The summed E-state index contributed by atoms with van der Waals surface area (Å²) < 4.78 is 38.3. The standard InChI is InChI=1S/C13H10BrF3N2/c14-11-5-9(8-18)6-12(7-11)19-3-1-10(2-4-19)13(15,16)17/h1,5-7H,2-4H2. The highest BCUT2D eigenvalue weighted by Gasteiger charge is 2.34. The summed E-state index contributed by atoms with van der Waals surface area (Å²) >= 11 is 3.29. The summed E-state index contributed by atoms with van der Waals surface area (Å²) in [5.41, 5.74) is 0.762. The highest BCUT2D eigenvalue weighted by atomic mass is 79.9. The maximum absolute atomic E-state index is 12.5. The summed E-state index contributed by atoms with van der Waals surface area (Å²) in [5.74, 6) is 0. The molecule has 1 heterocycles. The van der Waals surface area contributed by atoms with Gasteiger partial charge >= 0.3 is 6.18 Å². The topological polar surface area (TPSA) is 27.0 Å². The van der Waals surface area contributed by atoms with Crippen molar-refractivity contribution in [2.24, 2.45) is 0 Å². The van der Waals surface area contributed by atoms with Crippen LogP contribution in [-0.2, 0) is 0 Å². The van der Waals surface area contributed by atoms with Gasteiger partial charge in [0.25, 0.3) is 0 Å². The third-order valence-electron chi connectivity index (χ3n) is 2.95. The molecule has 0 atom stereocenters. The smallest absolute Gasteiger partial charge is 0.367 e. The molecular formula is C13H10BrF3N2. The molecule has 1 aromatic rings. The van der Waals surface area contributed by atoms with Crippen LogP contribution in [0.5, 0.6) is 0 Å². The monoisotopic (exact) mass is 330 g/mol. The Morgan fingerprint density at radius 1 is 1.26 bits per heavy atom. The van der Waals surface area contributed by atoms with Crippen molar-refractivity contribution in [2.75, 3.05) is 18.0 Å². The van der Waals surface area contributed by atoms with Crippen molar-refractivity contribution in [3.63, 3.8) is 0 Å². The van der Waals surface area contributed by atoms with Crippen LogP contribution in [-0.4, -0.2) is 19.3 Å². The van der Waals surface area contributed by atoms with E-state index < -0.39 is 11.7 Å². The predicted molar refractivity (Wildman–Crippen MR) is 69.8 cm³/mol. The normalized spacial score (nSPS) is 15.9. The second-order valence-electron chi connectivity index (χ2n) is 4.23. The number of hydrogen-bond acceptors (Lipinski definition) is 2. The van der Waals surface area contributed by atoms with E-state index in [2.05, 4.69) is 15.9 Å². The van der Waals surface area contributed by atoms with Crippen LogP contribution in [0.3, 0.4) is 0 Å². The van der Waals surface area contributed by atoms with Gasteiger partial charge in [-0.15, -0.1) is 0 Å². The van der Waals surface area contributed by atoms with Gasteiger partial charge in [0.2, 0.25) is 0 Å². The first-order valence-electron chi connectivity index (χ1n) is 5.62. The summed E-state index contributed by atoms with van der Waals surface area (Å²) in [6.45, 7) is 0.503. The quantitative estimate of drug-likeness (QED) is 0.727. The van der Waals surface area contributed by atoms with Crippen molar-refractivity contribution in [1.29, 1.82) is 5.26 Å². The predicted octanol–water partition coefficient (Wildman–Crippen LogP) is 4.02. The van der Waals surface area contributed by atoms with Crippen molar-refractivity contribution < 1.29 is 13.2 Å². The van der Waals surface area contributed by atoms with Crippen molar-refractivity contribution in [3.8, 4) is 6.07 Å². The first kappa shape index (κ1) is 13.9. The summed E-state index contributed by atoms with van der Waals surface area (Å²) in [6, 6.07) is 7.18. The van der Waals surface area contributed by atoms with Crippen LogP contribution in [0.25, 0.3) is 0 Å². The van der Waals surface area contributed by atoms with Gasteiger partial charge in [0.1, 0.15) is 0 Å². The van der Waals surface area contributed by atoms with E-state index in [1.807, 2.05) is 11.0 Å². The molecule has 6 heteroatoms. The molecule has 0 spiro atoms. The number of rotatable bonds is 1. The molecule has 100 valence electrons. The molecule has 19 heavy (non-hydrogen) atoms. The van der Waals surface area contributed by atoms with Crippen molar-refractivity contribution in [1.82, 2.24) is 0 Å². The van der Waals surface area contributed by atoms with E-state index in [0.29, 0.717) is 12.1 Å². The van der Waals surface area contributed by atoms with Gasteiger partial charge in [0, 0.05) is 28.8 Å². The van der Waals surface area contributed by atoms with Crippen LogP contribution in [0.1, 0.15) is 12.0 Å². The number of halogens is 4. The fourth-order valence-electron chi connectivity index (χ4n) is 1.98. The van der Waals surface area contributed by atoms with Crippen LogP contribution < -0.4 is 4.90 Å². The van der Waals surface area contributed by atoms with Crippen molar-refractivity contribution in [3.05, 3.63) is 39.9 Å². The van der Waals surface area contributed by atoms with Gasteiger partial charge in [-0.3, -0.25) is 0 Å². The minimum atomic E-state index is -4.23. The molecule has 0 amide bonds. The molecule has 0 unspecified atom stereocenters. The molecule has 0 saturated heterocycles. The van der Waals surface area contributed by atoms with E-state index in [9.17, 15) is 13.2 Å². The zero-order chi connectivity index (χ0) is 14.0. The first-order chi connectivity index (χ1) is 8.90. The largest absolute Gasteiger partial charge is 0.412 e. The first-order valence-corrected chi connectivity index (χ1v) is 6.41. The number of anilines is 1. The van der Waals surface area contributed by atoms with Crippen LogP contribution in [0.2, 0.25) is 0 Å². The highest BCUT2D eigenvalue weighted by Crippen LogP contribution is 2.32. The maximum atomic E-state index is 12.5. The lowest BCUT2D eigenvalue weighted by Gasteiger charge is -2.29. The summed E-state index contributed by atoms with van der Waals surface area (Å²) in [5, 5.41) is 8.88. The van der Waals surface area contributed by atoms with Crippen LogP contribution in [0, 0.1) is 11.3 Å². The van der Waals surface area contributed by atoms with Crippen LogP contribution in [0.15, 0.2) is 34.3 Å². The lowest BCUT2D eigenvalue weighted by Crippen LogP contribution is -2.31. The van der Waals surface area contributed by atoms with E-state index in [-0.39, 0.29) is 13.0 Å². The van der Waals surface area contributed by atoms with E-state index in [1.165, 1.54) is 6.08 Å². The number of benzene rings is 1. The molecule has 2 rings (SSSR count). The van der Waals surface area contributed by atoms with Gasteiger partial charge in [-0.05, 0) is 24.6 Å². The number of nitrogens with zero attached hydrogens (tertiary/aromatic N) is 2. The van der Waals surface area contributed by atoms with E-state index >= 15 is 0 Å². The number of nitriles is 1. The molecule has 0 radical (unpaired) electrons. The minimum absolute atomic E-state index is 0.0299. The van der Waals surface area contributed by atoms with E-state index in [1.54, 1.807) is 18.2 Å². The van der Waals surface area contributed by atoms with Crippen molar-refractivity contribution >= 4 is 21.6 Å². The average molecular weight is 331 g/mol. The van der Waals surface area contributed by atoms with Crippen LogP contribution >= 0.6 is 15.9 Å². The third kappa shape index (κ3) is 3.29. The van der Waals surface area contributed by atoms with Gasteiger partial charge in [0.05, 0.1) is 11.6 Å². The molecule has 0 aromatic heterocycles. The Bertz CT molecular complexity index is 558. The Hall–Kier alpha value is -1.48. The maximum Gasteiger partial charge on any atom is 0.412 e. The Labute approximate surface area is 117 Å². The summed E-state index contributed by atoms with van der Waals surface area (Å²) in [4.78, 5) is 1.82. The van der Waals surface area contributed by atoms with E-state index in [4.69, 9.17) is 5.26 Å². The SMILES string of the molecule is N#Cc1cc(Br)cc(N2CC=C(C(F)(F)F)CC2)c1. The van der Waals surface area contributed by atoms with E-state index in [0.717, 1.165) is 10.2 Å². The summed E-state index contributed by atoms with van der Waals surface area (Å²) in [7, 11) is 0. The average Bonchev–Trinajstić information content (AvgIpc) is 2.37. The molecule has 0 aliphatic carbocycles. The summed E-state index contributed by atoms with van der Waals surface area (Å²) in [6.07, 6.45) is -3.06. The fraction of sp³-hybridized carbons (Fsp3) is 0.308. The number of hydrogen-bond donors (Lipinski definition) is 0. The zero-order valence-corrected chi connectivity index (χ0v) is 11.4. The molecular weight excluding hydrogens is 321 g/mol. The third-order valence-corrected chi connectivity index (χ3v) is 3.41. The number of alkyl halides is 3. The van der Waals surface area contributed by atoms with Gasteiger partial charge in [-0.1, -0.05) is 22.0 Å². The Morgan fingerprint density at radius 2 is 2.00 bits per heavy atom. The molecule has 0 fully saturated rings. The molecule has 0 bridgehead atoms. The fourth-order valence-corrected chi connectivity index (χ4v) is 2.46. The van der Waals surface area contributed by atoms with Gasteiger partial charge in [-0.2, -0.15) is 18.4 Å². The Kier molecular flexibility index (Phi) is 3.85. The molecule has 1 aliphatic heterocycles. The van der Waals surface area contributed by atoms with Gasteiger partial charge < -0.3 is 4.90 Å². The zero-order valence-electron chi connectivity index (χ0n) is 9.84. The molecule has 2 nitrogen and oxygen atoms in total. The minimum Gasteiger partial charge on any atom is -0.367 e. The molecule has 1 aromatic carbocycles. The lowest BCUT2D eigenvalue weighted by atomic mass is 10.1. The second-order valence-corrected chi connectivity index (χ2v) is 5.15. The van der Waals surface area contributed by atoms with Crippen LogP contribution in [0.4, 0.5) is 18.9 Å². The molecule has 0 saturated carbocycles.